The molecule has 0 unspecified atom stereocenters. The molecule has 3 rings (SSSR count). The molecule has 5 nitrogen and oxygen atoms in total. The van der Waals surface area contributed by atoms with E-state index in [0.717, 1.165) is 38.4 Å². The monoisotopic (exact) mass is 391 g/mol. The fraction of sp³-hybridized carbons (Fsp3) is 0.263. The molecule has 26 heavy (non-hydrogen) atoms. The summed E-state index contributed by atoms with van der Waals surface area (Å²) < 4.78 is 5.35. The molecule has 0 atom stereocenters. The van der Waals surface area contributed by atoms with Gasteiger partial charge in [0.1, 0.15) is 0 Å². The Hall–Kier alpha value is -1.92. The van der Waals surface area contributed by atoms with Crippen LogP contribution in [0.25, 0.3) is 0 Å². The molecule has 2 aromatic carbocycles. The quantitative estimate of drug-likeness (QED) is 0.625. The fourth-order valence-electron chi connectivity index (χ4n) is 2.60. The predicted octanol–water partition coefficient (Wildman–Crippen LogP) is 3.59. The largest absolute Gasteiger partial charge is 0.379 e. The van der Waals surface area contributed by atoms with E-state index >= 15 is 0 Å². The Morgan fingerprint density at radius 1 is 1.12 bits per heavy atom. The number of hydrogen-bond acceptors (Lipinski definition) is 4. The van der Waals surface area contributed by atoms with Crippen LogP contribution in [0.1, 0.15) is 21.5 Å². The number of morpholine rings is 1. The van der Waals surface area contributed by atoms with Crippen LogP contribution in [0, 0.1) is 0 Å². The zero-order valence-electron chi connectivity index (χ0n) is 14.1. The summed E-state index contributed by atoms with van der Waals surface area (Å²) in [6.45, 7) is 4.28. The van der Waals surface area contributed by atoms with Crippen molar-refractivity contribution in [1.82, 2.24) is 10.3 Å². The first-order valence-corrected chi connectivity index (χ1v) is 9.05. The summed E-state index contributed by atoms with van der Waals surface area (Å²) in [5.74, 6) is -0.265. The van der Waals surface area contributed by atoms with Crippen LogP contribution in [-0.2, 0) is 11.3 Å². The summed E-state index contributed by atoms with van der Waals surface area (Å²) in [4.78, 5) is 14.5. The van der Waals surface area contributed by atoms with Crippen molar-refractivity contribution in [2.24, 2.45) is 5.10 Å². The third kappa shape index (κ3) is 5.29. The van der Waals surface area contributed by atoms with Gasteiger partial charge in [-0.3, -0.25) is 9.69 Å². The Morgan fingerprint density at radius 3 is 2.54 bits per heavy atom. The summed E-state index contributed by atoms with van der Waals surface area (Å²) in [5, 5.41) is 4.88. The van der Waals surface area contributed by atoms with Crippen LogP contribution in [-0.4, -0.2) is 43.3 Å². The third-order valence-electron chi connectivity index (χ3n) is 4.05. The summed E-state index contributed by atoms with van der Waals surface area (Å²) in [7, 11) is 0. The first-order chi connectivity index (χ1) is 12.6. The number of nitrogens with one attached hydrogen (secondary N) is 1. The maximum absolute atomic E-state index is 12.2. The summed E-state index contributed by atoms with van der Waals surface area (Å²) in [5.41, 5.74) is 4.99. The molecule has 1 aliphatic heterocycles. The van der Waals surface area contributed by atoms with Crippen LogP contribution in [0.5, 0.6) is 0 Å². The standard InChI is InChI=1S/C19H19Cl2N3O2/c20-17-6-3-15(11-18(17)21)12-22-23-19(25)16-4-1-14(2-5-16)13-24-7-9-26-10-8-24/h1-6,11-12H,7-10,13H2,(H,23,25)/b22-12-. The van der Waals surface area contributed by atoms with Crippen molar-refractivity contribution in [2.45, 2.75) is 6.54 Å². The van der Waals surface area contributed by atoms with E-state index in [1.165, 1.54) is 11.8 Å². The number of halogens is 2. The van der Waals surface area contributed by atoms with Crippen LogP contribution in [0.2, 0.25) is 10.0 Å². The van der Waals surface area contributed by atoms with Gasteiger partial charge in [-0.25, -0.2) is 5.43 Å². The van der Waals surface area contributed by atoms with Crippen LogP contribution in [0.15, 0.2) is 47.6 Å². The smallest absolute Gasteiger partial charge is 0.271 e. The van der Waals surface area contributed by atoms with Crippen molar-refractivity contribution in [3.05, 3.63) is 69.2 Å². The highest BCUT2D eigenvalue weighted by Gasteiger charge is 2.11. The molecule has 1 N–H and O–H groups in total. The highest BCUT2D eigenvalue weighted by molar-refractivity contribution is 6.42. The zero-order valence-corrected chi connectivity index (χ0v) is 15.6. The molecular weight excluding hydrogens is 373 g/mol. The molecule has 0 spiro atoms. The van der Waals surface area contributed by atoms with Crippen molar-refractivity contribution < 1.29 is 9.53 Å². The molecule has 0 saturated carbocycles. The minimum atomic E-state index is -0.265. The van der Waals surface area contributed by atoms with Gasteiger partial charge in [0.05, 0.1) is 29.5 Å². The SMILES string of the molecule is O=C(N/N=C\c1ccc(Cl)c(Cl)c1)c1ccc(CN2CCOCC2)cc1. The van der Waals surface area contributed by atoms with Gasteiger partial charge in [-0.05, 0) is 35.4 Å². The Labute approximate surface area is 162 Å². The van der Waals surface area contributed by atoms with Crippen molar-refractivity contribution in [2.75, 3.05) is 26.3 Å². The number of ether oxygens (including phenoxy) is 1. The molecule has 0 bridgehead atoms. The summed E-state index contributed by atoms with van der Waals surface area (Å²) in [6.07, 6.45) is 1.52. The second-order valence-corrected chi connectivity index (χ2v) is 6.77. The van der Waals surface area contributed by atoms with Crippen LogP contribution < -0.4 is 5.43 Å². The normalized spacial score (nSPS) is 15.3. The number of hydrogen-bond donors (Lipinski definition) is 1. The lowest BCUT2D eigenvalue weighted by molar-refractivity contribution is 0.0342. The molecule has 136 valence electrons. The molecule has 2 aromatic rings. The van der Waals surface area contributed by atoms with Crippen LogP contribution in [0.4, 0.5) is 0 Å². The van der Waals surface area contributed by atoms with Gasteiger partial charge < -0.3 is 4.74 Å². The van der Waals surface area contributed by atoms with Gasteiger partial charge >= 0.3 is 0 Å². The van der Waals surface area contributed by atoms with Gasteiger partial charge in [-0.15, -0.1) is 0 Å². The lowest BCUT2D eigenvalue weighted by atomic mass is 10.1. The Bertz CT molecular complexity index is 788. The van der Waals surface area contributed by atoms with Gasteiger partial charge in [0, 0.05) is 25.2 Å². The Morgan fingerprint density at radius 2 is 1.85 bits per heavy atom. The lowest BCUT2D eigenvalue weighted by Gasteiger charge is -2.26. The number of amides is 1. The summed E-state index contributed by atoms with van der Waals surface area (Å²) in [6, 6.07) is 12.7. The van der Waals surface area contributed by atoms with Crippen molar-refractivity contribution in [3.8, 4) is 0 Å². The number of hydrazone groups is 1. The average Bonchev–Trinajstić information content (AvgIpc) is 2.66. The molecule has 1 aliphatic rings. The molecule has 1 heterocycles. The van der Waals surface area contributed by atoms with E-state index in [1.807, 2.05) is 12.1 Å². The van der Waals surface area contributed by atoms with Gasteiger partial charge in [-0.2, -0.15) is 5.10 Å². The van der Waals surface area contributed by atoms with Crippen LogP contribution in [0.3, 0.4) is 0 Å². The number of carbonyl (C=O) groups excluding carboxylic acids is 1. The van der Waals surface area contributed by atoms with E-state index in [1.54, 1.807) is 30.3 Å². The Balaban J connectivity index is 1.54. The molecule has 7 heteroatoms. The van der Waals surface area contributed by atoms with Gasteiger partial charge in [-0.1, -0.05) is 41.4 Å². The molecular formula is C19H19Cl2N3O2. The predicted molar refractivity (Wildman–Crippen MR) is 104 cm³/mol. The van der Waals surface area contributed by atoms with Crippen LogP contribution >= 0.6 is 23.2 Å². The van der Waals surface area contributed by atoms with Crippen molar-refractivity contribution >= 4 is 35.3 Å². The maximum atomic E-state index is 12.2. The average molecular weight is 392 g/mol. The highest BCUT2D eigenvalue weighted by atomic mass is 35.5. The topological polar surface area (TPSA) is 53.9 Å². The molecule has 1 saturated heterocycles. The van der Waals surface area contributed by atoms with E-state index in [4.69, 9.17) is 27.9 Å². The number of benzene rings is 2. The van der Waals surface area contributed by atoms with Gasteiger partial charge in [0.2, 0.25) is 0 Å². The molecule has 1 fully saturated rings. The minimum Gasteiger partial charge on any atom is -0.379 e. The first-order valence-electron chi connectivity index (χ1n) is 8.29. The maximum Gasteiger partial charge on any atom is 0.271 e. The van der Waals surface area contributed by atoms with E-state index in [2.05, 4.69) is 15.4 Å². The van der Waals surface area contributed by atoms with E-state index in [0.29, 0.717) is 15.6 Å². The van der Waals surface area contributed by atoms with Crippen molar-refractivity contribution in [3.63, 3.8) is 0 Å². The van der Waals surface area contributed by atoms with E-state index < -0.39 is 0 Å². The minimum absolute atomic E-state index is 0.265. The number of nitrogens with zero attached hydrogens (tertiary/aromatic N) is 2. The number of carbonyl (C=O) groups is 1. The number of rotatable bonds is 5. The lowest BCUT2D eigenvalue weighted by Crippen LogP contribution is -2.35. The molecule has 0 radical (unpaired) electrons. The molecule has 0 aromatic heterocycles. The fourth-order valence-corrected chi connectivity index (χ4v) is 2.91. The molecule has 1 amide bonds. The van der Waals surface area contributed by atoms with E-state index in [-0.39, 0.29) is 5.91 Å². The highest BCUT2D eigenvalue weighted by Crippen LogP contribution is 2.21. The zero-order chi connectivity index (χ0) is 18.4. The van der Waals surface area contributed by atoms with Gasteiger partial charge in [0.15, 0.2) is 0 Å². The second kappa shape index (κ2) is 9.14. The van der Waals surface area contributed by atoms with E-state index in [9.17, 15) is 4.79 Å². The molecule has 0 aliphatic carbocycles. The third-order valence-corrected chi connectivity index (χ3v) is 4.79. The Kier molecular flexibility index (Phi) is 6.63. The second-order valence-electron chi connectivity index (χ2n) is 5.96. The first kappa shape index (κ1) is 18.9. The van der Waals surface area contributed by atoms with Gasteiger partial charge in [0.25, 0.3) is 5.91 Å². The summed E-state index contributed by atoms with van der Waals surface area (Å²) >= 11 is 11.8. The van der Waals surface area contributed by atoms with Crippen molar-refractivity contribution in [1.29, 1.82) is 0 Å².